The molecule has 0 bridgehead atoms. The number of nitro benzene ring substituents is 1. The molecule has 2 aromatic carbocycles. The van der Waals surface area contributed by atoms with Gasteiger partial charge in [-0.15, -0.1) is 10.2 Å². The molecule has 1 heterocycles. The van der Waals surface area contributed by atoms with Gasteiger partial charge in [0.2, 0.25) is 5.91 Å². The van der Waals surface area contributed by atoms with Crippen molar-refractivity contribution in [1.29, 1.82) is 0 Å². The molecular weight excluding hydrogens is 442 g/mol. The topological polar surface area (TPSA) is 112 Å². The highest BCUT2D eigenvalue weighted by atomic mass is 32.2. The van der Waals surface area contributed by atoms with Crippen molar-refractivity contribution in [2.75, 3.05) is 18.2 Å². The molecule has 0 radical (unpaired) electrons. The van der Waals surface area contributed by atoms with Crippen LogP contribution in [0.25, 0.3) is 0 Å². The maximum absolute atomic E-state index is 12.4. The number of non-ortho nitro benzene ring substituents is 1. The number of carbonyl (C=O) groups is 1. The van der Waals surface area contributed by atoms with Crippen molar-refractivity contribution in [3.05, 3.63) is 69.0 Å². The Morgan fingerprint density at radius 2 is 1.94 bits per heavy atom. The van der Waals surface area contributed by atoms with E-state index in [1.165, 1.54) is 29.5 Å². The van der Waals surface area contributed by atoms with Gasteiger partial charge in [0, 0.05) is 25.6 Å². The predicted molar refractivity (Wildman–Crippen MR) is 128 cm³/mol. The quantitative estimate of drug-likeness (QED) is 0.268. The van der Waals surface area contributed by atoms with Gasteiger partial charge in [-0.3, -0.25) is 14.9 Å². The lowest BCUT2D eigenvalue weighted by Gasteiger charge is -2.08. The van der Waals surface area contributed by atoms with E-state index in [1.807, 2.05) is 24.6 Å². The number of ether oxygens (including phenoxy) is 1. The van der Waals surface area contributed by atoms with Crippen LogP contribution in [0.1, 0.15) is 28.9 Å². The molecule has 174 valence electrons. The van der Waals surface area contributed by atoms with E-state index in [0.717, 1.165) is 42.0 Å². The molecule has 33 heavy (non-hydrogen) atoms. The molecule has 0 atom stereocenters. The Bertz CT molecular complexity index is 1160. The molecule has 0 saturated carbocycles. The molecule has 9 nitrogen and oxygen atoms in total. The largest absolute Gasteiger partial charge is 0.496 e. The third-order valence-electron chi connectivity index (χ3n) is 5.29. The second kappa shape index (κ2) is 11.0. The van der Waals surface area contributed by atoms with Gasteiger partial charge in [0.15, 0.2) is 5.16 Å². The molecule has 0 spiro atoms. The molecule has 10 heteroatoms. The molecular formula is C23H27N5O4S. The first kappa shape index (κ1) is 24.2. The second-order valence-corrected chi connectivity index (χ2v) is 8.65. The number of aryl methyl sites for hydroxylation is 4. The fourth-order valence-corrected chi connectivity index (χ4v) is 4.14. The lowest BCUT2D eigenvalue weighted by atomic mass is 10.0. The fraction of sp³-hybridized carbons (Fsp3) is 0.348. The van der Waals surface area contributed by atoms with E-state index >= 15 is 0 Å². The van der Waals surface area contributed by atoms with E-state index in [0.29, 0.717) is 10.8 Å². The highest BCUT2D eigenvalue weighted by Gasteiger charge is 2.14. The molecule has 3 rings (SSSR count). The van der Waals surface area contributed by atoms with Gasteiger partial charge >= 0.3 is 0 Å². The molecule has 0 unspecified atom stereocenters. The van der Waals surface area contributed by atoms with Gasteiger partial charge in [0.05, 0.1) is 23.5 Å². The summed E-state index contributed by atoms with van der Waals surface area (Å²) in [5.41, 5.74) is 3.49. The number of aromatic nitrogens is 3. The standard InChI is InChI=1S/C23H27N5O4S/c1-15-8-10-18(28(30)31)13-19(15)24-22(29)14-33-23-26-25-21(27(23)3)7-5-6-17-9-11-20(32-4)16(2)12-17/h8-13H,5-7,14H2,1-4H3,(H,24,29). The Morgan fingerprint density at radius 1 is 1.15 bits per heavy atom. The highest BCUT2D eigenvalue weighted by molar-refractivity contribution is 7.99. The van der Waals surface area contributed by atoms with E-state index in [1.54, 1.807) is 20.1 Å². The average Bonchev–Trinajstić information content (AvgIpc) is 3.13. The van der Waals surface area contributed by atoms with E-state index in [2.05, 4.69) is 27.6 Å². The van der Waals surface area contributed by atoms with Crippen LogP contribution in [0.4, 0.5) is 11.4 Å². The van der Waals surface area contributed by atoms with Gasteiger partial charge in [-0.05, 0) is 49.4 Å². The SMILES string of the molecule is COc1ccc(CCCc2nnc(SCC(=O)Nc3cc([N+](=O)[O-])ccc3C)n2C)cc1C. The number of amides is 1. The Kier molecular flexibility index (Phi) is 8.05. The molecule has 0 fully saturated rings. The number of methoxy groups -OCH3 is 1. The second-order valence-electron chi connectivity index (χ2n) is 7.71. The van der Waals surface area contributed by atoms with Gasteiger partial charge in [0.25, 0.3) is 5.69 Å². The zero-order valence-corrected chi connectivity index (χ0v) is 19.9. The monoisotopic (exact) mass is 469 g/mol. The highest BCUT2D eigenvalue weighted by Crippen LogP contribution is 2.23. The Balaban J connectivity index is 1.51. The van der Waals surface area contributed by atoms with Crippen molar-refractivity contribution in [3.63, 3.8) is 0 Å². The van der Waals surface area contributed by atoms with Gasteiger partial charge in [-0.2, -0.15) is 0 Å². The van der Waals surface area contributed by atoms with Gasteiger partial charge in [0.1, 0.15) is 11.6 Å². The number of carbonyl (C=O) groups excluding carboxylic acids is 1. The summed E-state index contributed by atoms with van der Waals surface area (Å²) in [6, 6.07) is 10.6. The molecule has 0 aliphatic heterocycles. The number of nitro groups is 1. The minimum atomic E-state index is -0.485. The van der Waals surface area contributed by atoms with Crippen LogP contribution >= 0.6 is 11.8 Å². The first-order valence-electron chi connectivity index (χ1n) is 10.5. The summed E-state index contributed by atoms with van der Waals surface area (Å²) in [7, 11) is 3.56. The van der Waals surface area contributed by atoms with Gasteiger partial charge < -0.3 is 14.6 Å². The number of benzene rings is 2. The molecule has 0 aliphatic carbocycles. The molecule has 1 N–H and O–H groups in total. The number of hydrogen-bond acceptors (Lipinski definition) is 7. The number of nitrogens with zero attached hydrogens (tertiary/aromatic N) is 4. The minimum Gasteiger partial charge on any atom is -0.496 e. The Labute approximate surface area is 196 Å². The maximum Gasteiger partial charge on any atom is 0.271 e. The Morgan fingerprint density at radius 3 is 2.64 bits per heavy atom. The van der Waals surface area contributed by atoms with Crippen LogP contribution < -0.4 is 10.1 Å². The zero-order valence-electron chi connectivity index (χ0n) is 19.1. The third kappa shape index (κ3) is 6.32. The lowest BCUT2D eigenvalue weighted by Crippen LogP contribution is -2.15. The van der Waals surface area contributed by atoms with Crippen LogP contribution in [-0.2, 0) is 24.7 Å². The predicted octanol–water partition coefficient (Wildman–Crippen LogP) is 4.25. The first-order chi connectivity index (χ1) is 15.8. The fourth-order valence-electron chi connectivity index (χ4n) is 3.41. The van der Waals surface area contributed by atoms with E-state index in [9.17, 15) is 14.9 Å². The van der Waals surface area contributed by atoms with Crippen LogP contribution in [-0.4, -0.2) is 38.5 Å². The number of nitrogens with one attached hydrogen (secondary N) is 1. The van der Waals surface area contributed by atoms with E-state index in [4.69, 9.17) is 4.74 Å². The van der Waals surface area contributed by atoms with Crippen LogP contribution in [0.15, 0.2) is 41.6 Å². The van der Waals surface area contributed by atoms with Crippen LogP contribution in [0.2, 0.25) is 0 Å². The summed E-state index contributed by atoms with van der Waals surface area (Å²) in [4.78, 5) is 22.8. The number of hydrogen-bond donors (Lipinski definition) is 1. The molecule has 0 saturated heterocycles. The lowest BCUT2D eigenvalue weighted by molar-refractivity contribution is -0.384. The summed E-state index contributed by atoms with van der Waals surface area (Å²) in [6.07, 6.45) is 2.62. The van der Waals surface area contributed by atoms with Crippen LogP contribution in [0, 0.1) is 24.0 Å². The Hall–Kier alpha value is -3.40. The van der Waals surface area contributed by atoms with Gasteiger partial charge in [-0.25, -0.2) is 0 Å². The smallest absolute Gasteiger partial charge is 0.271 e. The molecule has 1 amide bonds. The molecule has 1 aromatic heterocycles. The van der Waals surface area contributed by atoms with Crippen molar-refractivity contribution in [2.45, 2.75) is 38.3 Å². The summed E-state index contributed by atoms with van der Waals surface area (Å²) < 4.78 is 7.20. The summed E-state index contributed by atoms with van der Waals surface area (Å²) in [6.45, 7) is 3.82. The maximum atomic E-state index is 12.4. The first-order valence-corrected chi connectivity index (χ1v) is 11.5. The summed E-state index contributed by atoms with van der Waals surface area (Å²) >= 11 is 1.28. The summed E-state index contributed by atoms with van der Waals surface area (Å²) in [5.74, 6) is 1.61. The number of thioether (sulfide) groups is 1. The van der Waals surface area contributed by atoms with Crippen molar-refractivity contribution >= 4 is 29.0 Å². The van der Waals surface area contributed by atoms with Crippen LogP contribution in [0.5, 0.6) is 5.75 Å². The van der Waals surface area contributed by atoms with Crippen molar-refractivity contribution in [1.82, 2.24) is 14.8 Å². The van der Waals surface area contributed by atoms with Crippen LogP contribution in [0.3, 0.4) is 0 Å². The number of rotatable bonds is 10. The molecule has 3 aromatic rings. The normalized spacial score (nSPS) is 10.8. The van der Waals surface area contributed by atoms with E-state index in [-0.39, 0.29) is 17.3 Å². The van der Waals surface area contributed by atoms with Crippen molar-refractivity contribution in [2.24, 2.45) is 7.05 Å². The number of anilines is 1. The zero-order chi connectivity index (χ0) is 24.0. The minimum absolute atomic E-state index is 0.0636. The van der Waals surface area contributed by atoms with Gasteiger partial charge in [-0.1, -0.05) is 30.0 Å². The van der Waals surface area contributed by atoms with Crippen molar-refractivity contribution < 1.29 is 14.5 Å². The van der Waals surface area contributed by atoms with E-state index < -0.39 is 4.92 Å². The van der Waals surface area contributed by atoms with Crippen molar-refractivity contribution in [3.8, 4) is 5.75 Å². The summed E-state index contributed by atoms with van der Waals surface area (Å²) in [5, 5.41) is 22.8. The third-order valence-corrected chi connectivity index (χ3v) is 6.31. The average molecular weight is 470 g/mol. The molecule has 0 aliphatic rings.